The van der Waals surface area contributed by atoms with Crippen molar-refractivity contribution in [3.63, 3.8) is 0 Å². The number of carboxylic acids is 1. The van der Waals surface area contributed by atoms with Crippen molar-refractivity contribution in [3.05, 3.63) is 70.4 Å². The molecule has 3 rings (SSSR count). The number of aromatic hydroxyl groups is 1. The van der Waals surface area contributed by atoms with Gasteiger partial charge < -0.3 is 10.2 Å². The Hall–Kier alpha value is -3.72. The number of aryl methyl sites for hydroxylation is 3. The second-order valence-electron chi connectivity index (χ2n) is 6.85. The smallest absolute Gasteiger partial charge is 0.303 e. The molecule has 2 aromatic carbocycles. The number of fused-ring (bicyclic) bond motifs is 1. The maximum Gasteiger partial charge on any atom is 0.303 e. The van der Waals surface area contributed by atoms with Gasteiger partial charge in [0.05, 0.1) is 11.9 Å². The molecule has 0 aliphatic rings. The van der Waals surface area contributed by atoms with Crippen LogP contribution in [-0.2, 0) is 17.6 Å². The Bertz CT molecular complexity index is 1150. The van der Waals surface area contributed by atoms with Crippen molar-refractivity contribution in [3.8, 4) is 11.8 Å². The highest BCUT2D eigenvalue weighted by Crippen LogP contribution is 2.31. The molecule has 29 heavy (non-hydrogen) atoms. The van der Waals surface area contributed by atoms with Crippen LogP contribution in [0.1, 0.15) is 45.6 Å². The molecule has 0 atom stereocenters. The molecule has 0 bridgehead atoms. The number of aliphatic carboxylic acids is 1. The summed E-state index contributed by atoms with van der Waals surface area (Å²) in [6.45, 7) is 2.04. The summed E-state index contributed by atoms with van der Waals surface area (Å²) in [4.78, 5) is 27.5. The van der Waals surface area contributed by atoms with E-state index in [0.717, 1.165) is 12.0 Å². The van der Waals surface area contributed by atoms with Gasteiger partial charge in [-0.25, -0.2) is 4.98 Å². The van der Waals surface area contributed by atoms with E-state index in [0.29, 0.717) is 17.3 Å². The van der Waals surface area contributed by atoms with E-state index >= 15 is 0 Å². The number of hydrogen-bond acceptors (Lipinski definition) is 5. The lowest BCUT2D eigenvalue weighted by Gasteiger charge is -2.12. The van der Waals surface area contributed by atoms with Crippen molar-refractivity contribution < 1.29 is 19.8 Å². The Kier molecular flexibility index (Phi) is 5.89. The van der Waals surface area contributed by atoms with E-state index in [1.54, 1.807) is 12.1 Å². The number of para-hydroxylation sites is 1. The van der Waals surface area contributed by atoms with E-state index in [-0.39, 0.29) is 24.1 Å². The Morgan fingerprint density at radius 2 is 1.72 bits per heavy atom. The largest absolute Gasteiger partial charge is 0.504 e. The van der Waals surface area contributed by atoms with Gasteiger partial charge in [-0.2, -0.15) is 5.26 Å². The first kappa shape index (κ1) is 20.0. The van der Waals surface area contributed by atoms with Crippen LogP contribution in [0.2, 0.25) is 0 Å². The minimum absolute atomic E-state index is 0.0218. The standard InChI is InChI=1S/C23H20N2O4/c1-14-5-2-3-6-15(14)9-10-16-7-4-8-17-18(13-24)23(29)22(25-21(16)17)19(26)11-12-20(27)28/h2-8,29H,9-12H2,1H3,(H,27,28). The zero-order chi connectivity index (χ0) is 21.0. The number of nitrogens with zero attached hydrogens (tertiary/aromatic N) is 2. The molecular formula is C23H20N2O4. The maximum absolute atomic E-state index is 12.4. The van der Waals surface area contributed by atoms with Crippen molar-refractivity contribution in [2.75, 3.05) is 0 Å². The summed E-state index contributed by atoms with van der Waals surface area (Å²) >= 11 is 0. The second-order valence-corrected chi connectivity index (χ2v) is 6.85. The fourth-order valence-corrected chi connectivity index (χ4v) is 3.34. The SMILES string of the molecule is Cc1ccccc1CCc1cccc2c(C#N)c(O)c(C(=O)CCC(=O)O)nc12. The molecule has 1 aromatic heterocycles. The third kappa shape index (κ3) is 4.25. The molecule has 0 aliphatic heterocycles. The van der Waals surface area contributed by atoms with Gasteiger partial charge in [-0.3, -0.25) is 9.59 Å². The van der Waals surface area contributed by atoms with Crippen molar-refractivity contribution >= 4 is 22.7 Å². The summed E-state index contributed by atoms with van der Waals surface area (Å²) in [6, 6.07) is 15.4. The number of carbonyl (C=O) groups is 2. The van der Waals surface area contributed by atoms with Crippen LogP contribution >= 0.6 is 0 Å². The van der Waals surface area contributed by atoms with Gasteiger partial charge >= 0.3 is 5.97 Å². The number of nitriles is 1. The fourth-order valence-electron chi connectivity index (χ4n) is 3.34. The lowest BCUT2D eigenvalue weighted by atomic mass is 9.96. The first-order valence-electron chi connectivity index (χ1n) is 9.26. The molecule has 0 saturated heterocycles. The monoisotopic (exact) mass is 388 g/mol. The van der Waals surface area contributed by atoms with Crippen LogP contribution in [0.5, 0.6) is 5.75 Å². The van der Waals surface area contributed by atoms with Crippen LogP contribution in [0.3, 0.4) is 0 Å². The first-order chi connectivity index (χ1) is 13.9. The number of pyridine rings is 1. The quantitative estimate of drug-likeness (QED) is 0.593. The molecular weight excluding hydrogens is 368 g/mol. The molecule has 3 aromatic rings. The molecule has 1 heterocycles. The number of carboxylic acid groups (broad SMARTS) is 1. The van der Waals surface area contributed by atoms with Crippen LogP contribution in [-0.4, -0.2) is 26.9 Å². The highest BCUT2D eigenvalue weighted by molar-refractivity contribution is 6.02. The summed E-state index contributed by atoms with van der Waals surface area (Å²) in [5.74, 6) is -2.21. The number of aromatic nitrogens is 1. The number of Topliss-reactive ketones (excluding diaryl/α,β-unsaturated/α-hetero) is 1. The Balaban J connectivity index is 2.04. The van der Waals surface area contributed by atoms with E-state index in [9.17, 15) is 20.0 Å². The van der Waals surface area contributed by atoms with Crippen molar-refractivity contribution in [2.24, 2.45) is 0 Å². The number of rotatable bonds is 7. The lowest BCUT2D eigenvalue weighted by molar-refractivity contribution is -0.136. The normalized spacial score (nSPS) is 10.6. The van der Waals surface area contributed by atoms with Crippen molar-refractivity contribution in [1.82, 2.24) is 4.98 Å². The third-order valence-electron chi connectivity index (χ3n) is 4.94. The molecule has 0 saturated carbocycles. The van der Waals surface area contributed by atoms with Gasteiger partial charge in [0.1, 0.15) is 17.3 Å². The molecule has 2 N–H and O–H groups in total. The molecule has 0 fully saturated rings. The predicted molar refractivity (Wildman–Crippen MR) is 108 cm³/mol. The van der Waals surface area contributed by atoms with Gasteiger partial charge in [0.25, 0.3) is 0 Å². The molecule has 6 nitrogen and oxygen atoms in total. The van der Waals surface area contributed by atoms with Gasteiger partial charge in [-0.05, 0) is 36.5 Å². The summed E-state index contributed by atoms with van der Waals surface area (Å²) in [6.07, 6.45) is 0.749. The first-order valence-corrected chi connectivity index (χ1v) is 9.26. The molecule has 0 radical (unpaired) electrons. The topological polar surface area (TPSA) is 111 Å². The average Bonchev–Trinajstić information content (AvgIpc) is 2.71. The zero-order valence-electron chi connectivity index (χ0n) is 16.0. The van der Waals surface area contributed by atoms with Crippen molar-refractivity contribution in [1.29, 1.82) is 5.26 Å². The minimum Gasteiger partial charge on any atom is -0.504 e. The maximum atomic E-state index is 12.4. The highest BCUT2D eigenvalue weighted by atomic mass is 16.4. The van der Waals surface area contributed by atoms with Gasteiger partial charge in [0.15, 0.2) is 11.5 Å². The number of carbonyl (C=O) groups excluding carboxylic acids is 1. The average molecular weight is 388 g/mol. The predicted octanol–water partition coefficient (Wildman–Crippen LogP) is 3.95. The van der Waals surface area contributed by atoms with Crippen LogP contribution in [0.15, 0.2) is 42.5 Å². The van der Waals surface area contributed by atoms with Crippen LogP contribution in [0, 0.1) is 18.3 Å². The second kappa shape index (κ2) is 8.53. The number of ketones is 1. The summed E-state index contributed by atoms with van der Waals surface area (Å²) in [5.41, 5.74) is 3.44. The number of benzene rings is 2. The minimum atomic E-state index is -1.11. The van der Waals surface area contributed by atoms with Gasteiger partial charge in [0, 0.05) is 11.8 Å². The third-order valence-corrected chi connectivity index (χ3v) is 4.94. The van der Waals surface area contributed by atoms with Crippen LogP contribution in [0.4, 0.5) is 0 Å². The van der Waals surface area contributed by atoms with Crippen LogP contribution in [0.25, 0.3) is 10.9 Å². The van der Waals surface area contributed by atoms with Crippen molar-refractivity contribution in [2.45, 2.75) is 32.6 Å². The fraction of sp³-hybridized carbons (Fsp3) is 0.217. The number of hydrogen-bond donors (Lipinski definition) is 2. The highest BCUT2D eigenvalue weighted by Gasteiger charge is 2.21. The Morgan fingerprint density at radius 1 is 1.03 bits per heavy atom. The molecule has 0 amide bonds. The lowest BCUT2D eigenvalue weighted by Crippen LogP contribution is -2.08. The molecule has 146 valence electrons. The van der Waals surface area contributed by atoms with Gasteiger partial charge in [-0.15, -0.1) is 0 Å². The van der Waals surface area contributed by atoms with E-state index in [1.165, 1.54) is 11.1 Å². The van der Waals surface area contributed by atoms with Crippen LogP contribution < -0.4 is 0 Å². The van der Waals surface area contributed by atoms with E-state index in [1.807, 2.05) is 37.3 Å². The van der Waals surface area contributed by atoms with E-state index < -0.39 is 17.5 Å². The molecule has 0 aliphatic carbocycles. The summed E-state index contributed by atoms with van der Waals surface area (Å²) in [7, 11) is 0. The zero-order valence-corrected chi connectivity index (χ0v) is 16.0. The molecule has 0 spiro atoms. The summed E-state index contributed by atoms with van der Waals surface area (Å²) in [5, 5.41) is 29.2. The molecule has 6 heteroatoms. The van der Waals surface area contributed by atoms with Gasteiger partial charge in [-0.1, -0.05) is 42.5 Å². The summed E-state index contributed by atoms with van der Waals surface area (Å²) < 4.78 is 0. The van der Waals surface area contributed by atoms with E-state index in [2.05, 4.69) is 11.1 Å². The molecule has 0 unspecified atom stereocenters. The van der Waals surface area contributed by atoms with Gasteiger partial charge in [0.2, 0.25) is 0 Å². The van der Waals surface area contributed by atoms with E-state index in [4.69, 9.17) is 5.11 Å². The Labute approximate surface area is 168 Å². The Morgan fingerprint density at radius 3 is 2.41 bits per heavy atom.